The second-order valence-corrected chi connectivity index (χ2v) is 7.54. The van der Waals surface area contributed by atoms with Gasteiger partial charge in [0.15, 0.2) is 0 Å². The fraction of sp³-hybridized carbons (Fsp3) is 0.250. The van der Waals surface area contributed by atoms with Crippen molar-refractivity contribution in [3.05, 3.63) is 65.5 Å². The van der Waals surface area contributed by atoms with E-state index < -0.39 is 10.0 Å². The fourth-order valence-corrected chi connectivity index (χ4v) is 3.85. The highest BCUT2D eigenvalue weighted by molar-refractivity contribution is 7.89. The van der Waals surface area contributed by atoms with Crippen LogP contribution < -0.4 is 5.32 Å². The van der Waals surface area contributed by atoms with E-state index in [-0.39, 0.29) is 23.2 Å². The van der Waals surface area contributed by atoms with Crippen molar-refractivity contribution in [2.24, 2.45) is 0 Å². The van der Waals surface area contributed by atoms with Gasteiger partial charge in [-0.3, -0.25) is 4.79 Å². The monoisotopic (exact) mass is 388 g/mol. The van der Waals surface area contributed by atoms with Crippen LogP contribution in [0.2, 0.25) is 0 Å². The molecule has 0 spiro atoms. The molecule has 2 aromatic rings. The Balaban J connectivity index is 1.99. The van der Waals surface area contributed by atoms with E-state index >= 15 is 0 Å². The number of sulfonamides is 1. The van der Waals surface area contributed by atoms with Gasteiger partial charge in [-0.05, 0) is 48.5 Å². The van der Waals surface area contributed by atoms with Gasteiger partial charge in [0.25, 0.3) is 5.91 Å². The molecule has 5 nitrogen and oxygen atoms in total. The average molecular weight is 388 g/mol. The highest BCUT2D eigenvalue weighted by Gasteiger charge is 2.21. The summed E-state index contributed by atoms with van der Waals surface area (Å²) in [6.45, 7) is 4.43. The Labute approximate surface area is 159 Å². The number of hydrogen-bond donors (Lipinski definition) is 1. The molecule has 0 bridgehead atoms. The van der Waals surface area contributed by atoms with E-state index in [2.05, 4.69) is 17.2 Å². The normalized spacial score (nSPS) is 11.0. The number of benzene rings is 2. The number of nitrogens with one attached hydrogen (secondary N) is 1. The minimum absolute atomic E-state index is 0.121. The summed E-state index contributed by atoms with van der Waals surface area (Å²) in [5.74, 6) is 4.91. The van der Waals surface area contributed by atoms with E-state index in [1.165, 1.54) is 40.7 Å². The van der Waals surface area contributed by atoms with Crippen LogP contribution in [0.4, 0.5) is 4.39 Å². The molecule has 0 fully saturated rings. The van der Waals surface area contributed by atoms with Gasteiger partial charge in [-0.25, -0.2) is 12.8 Å². The Bertz CT molecular complexity index is 939. The molecule has 1 amide bonds. The molecule has 2 aromatic carbocycles. The summed E-state index contributed by atoms with van der Waals surface area (Å²) in [5, 5.41) is 2.64. The van der Waals surface area contributed by atoms with Gasteiger partial charge in [0.05, 0.1) is 11.4 Å². The van der Waals surface area contributed by atoms with Crippen LogP contribution in [0.15, 0.2) is 53.4 Å². The van der Waals surface area contributed by atoms with Crippen molar-refractivity contribution in [2.75, 3.05) is 19.6 Å². The molecule has 2 rings (SSSR count). The van der Waals surface area contributed by atoms with Crippen LogP contribution in [0.3, 0.4) is 0 Å². The zero-order chi connectivity index (χ0) is 19.9. The van der Waals surface area contributed by atoms with E-state index in [0.717, 1.165) is 0 Å². The van der Waals surface area contributed by atoms with Crippen molar-refractivity contribution in [2.45, 2.75) is 18.7 Å². The molecule has 0 heterocycles. The van der Waals surface area contributed by atoms with Crippen LogP contribution in [0.25, 0.3) is 0 Å². The average Bonchev–Trinajstić information content (AvgIpc) is 2.67. The Morgan fingerprint density at radius 2 is 1.63 bits per heavy atom. The van der Waals surface area contributed by atoms with E-state index in [1.807, 2.05) is 0 Å². The summed E-state index contributed by atoms with van der Waals surface area (Å²) in [4.78, 5) is 12.3. The molecule has 0 atom stereocenters. The van der Waals surface area contributed by atoms with Crippen LogP contribution in [-0.4, -0.2) is 38.3 Å². The van der Waals surface area contributed by atoms with Crippen LogP contribution >= 0.6 is 0 Å². The Hall–Kier alpha value is -2.69. The number of carbonyl (C=O) groups excluding carboxylic acids is 1. The number of carbonyl (C=O) groups is 1. The number of nitrogens with zero attached hydrogens (tertiary/aromatic N) is 1. The van der Waals surface area contributed by atoms with E-state index in [0.29, 0.717) is 24.2 Å². The van der Waals surface area contributed by atoms with E-state index in [9.17, 15) is 17.6 Å². The molecular formula is C20H21FN2O3S. The minimum Gasteiger partial charge on any atom is -0.341 e. The maximum atomic E-state index is 12.8. The van der Waals surface area contributed by atoms with Crippen LogP contribution in [0.1, 0.15) is 29.8 Å². The van der Waals surface area contributed by atoms with Gasteiger partial charge >= 0.3 is 0 Å². The largest absolute Gasteiger partial charge is 0.341 e. The third-order valence-electron chi connectivity index (χ3n) is 3.87. The third-order valence-corrected chi connectivity index (χ3v) is 5.94. The Kier molecular flexibility index (Phi) is 7.11. The van der Waals surface area contributed by atoms with Crippen molar-refractivity contribution < 1.29 is 17.6 Å². The molecule has 142 valence electrons. The molecule has 7 heteroatoms. The maximum absolute atomic E-state index is 12.8. The summed E-state index contributed by atoms with van der Waals surface area (Å²) in [7, 11) is -3.55. The van der Waals surface area contributed by atoms with Gasteiger partial charge in [0, 0.05) is 24.2 Å². The molecule has 0 unspecified atom stereocenters. The third kappa shape index (κ3) is 5.39. The lowest BCUT2D eigenvalue weighted by Gasteiger charge is -2.18. The first-order valence-electron chi connectivity index (χ1n) is 8.51. The predicted octanol–water partition coefficient (Wildman–Crippen LogP) is 2.64. The first-order chi connectivity index (χ1) is 12.9. The fourth-order valence-electron chi connectivity index (χ4n) is 2.40. The topological polar surface area (TPSA) is 66.5 Å². The number of hydrogen-bond acceptors (Lipinski definition) is 3. The molecule has 0 saturated carbocycles. The van der Waals surface area contributed by atoms with Crippen LogP contribution in [-0.2, 0) is 10.0 Å². The molecule has 0 aromatic heterocycles. The summed E-state index contributed by atoms with van der Waals surface area (Å²) in [6, 6.07) is 11.5. The predicted molar refractivity (Wildman–Crippen MR) is 102 cm³/mol. The SMILES string of the molecule is CCN(CC)S(=O)(=O)c1ccc(C(=O)NCC#Cc2ccc(F)cc2)cc1. The standard InChI is InChI=1S/C20H21FN2O3S/c1-3-23(4-2)27(25,26)19-13-9-17(10-14-19)20(24)22-15-5-6-16-7-11-18(21)12-8-16/h7-14H,3-4,15H2,1-2H3,(H,22,24). The Morgan fingerprint density at radius 3 is 2.19 bits per heavy atom. The van der Waals surface area contributed by atoms with Gasteiger partial charge in [0.1, 0.15) is 5.82 Å². The van der Waals surface area contributed by atoms with Crippen molar-refractivity contribution in [3.63, 3.8) is 0 Å². The summed E-state index contributed by atoms with van der Waals surface area (Å²) in [5.41, 5.74) is 0.994. The summed E-state index contributed by atoms with van der Waals surface area (Å²) in [6.07, 6.45) is 0. The van der Waals surface area contributed by atoms with Crippen molar-refractivity contribution in [1.82, 2.24) is 9.62 Å². The zero-order valence-electron chi connectivity index (χ0n) is 15.2. The highest BCUT2D eigenvalue weighted by atomic mass is 32.2. The quantitative estimate of drug-likeness (QED) is 0.774. The number of amides is 1. The lowest BCUT2D eigenvalue weighted by molar-refractivity contribution is 0.0958. The second-order valence-electron chi connectivity index (χ2n) is 5.61. The maximum Gasteiger partial charge on any atom is 0.252 e. The van der Waals surface area contributed by atoms with Crippen LogP contribution in [0.5, 0.6) is 0 Å². The highest BCUT2D eigenvalue weighted by Crippen LogP contribution is 2.16. The summed E-state index contributed by atoms with van der Waals surface area (Å²) < 4.78 is 39.0. The van der Waals surface area contributed by atoms with E-state index in [1.54, 1.807) is 26.0 Å². The molecule has 1 N–H and O–H groups in total. The molecule has 0 saturated heterocycles. The van der Waals surface area contributed by atoms with Gasteiger partial charge in [-0.1, -0.05) is 25.7 Å². The first-order valence-corrected chi connectivity index (χ1v) is 9.95. The smallest absolute Gasteiger partial charge is 0.252 e. The van der Waals surface area contributed by atoms with Crippen molar-refractivity contribution in [1.29, 1.82) is 0 Å². The minimum atomic E-state index is -3.55. The van der Waals surface area contributed by atoms with E-state index in [4.69, 9.17) is 0 Å². The zero-order valence-corrected chi connectivity index (χ0v) is 16.0. The second kappa shape index (κ2) is 9.31. The molecule has 0 aliphatic carbocycles. The molecule has 0 aliphatic rings. The first kappa shape index (κ1) is 20.6. The van der Waals surface area contributed by atoms with Gasteiger partial charge in [-0.15, -0.1) is 0 Å². The molecule has 27 heavy (non-hydrogen) atoms. The number of halogens is 1. The molecular weight excluding hydrogens is 367 g/mol. The van der Waals surface area contributed by atoms with Crippen molar-refractivity contribution in [3.8, 4) is 11.8 Å². The van der Waals surface area contributed by atoms with Gasteiger partial charge in [-0.2, -0.15) is 4.31 Å². The number of rotatable bonds is 6. The molecule has 0 radical (unpaired) electrons. The lowest BCUT2D eigenvalue weighted by atomic mass is 10.2. The molecule has 0 aliphatic heterocycles. The lowest BCUT2D eigenvalue weighted by Crippen LogP contribution is -2.30. The Morgan fingerprint density at radius 1 is 1.04 bits per heavy atom. The van der Waals surface area contributed by atoms with Crippen LogP contribution in [0, 0.1) is 17.7 Å². The summed E-state index contributed by atoms with van der Waals surface area (Å²) >= 11 is 0. The van der Waals surface area contributed by atoms with Gasteiger partial charge < -0.3 is 5.32 Å². The van der Waals surface area contributed by atoms with Gasteiger partial charge in [0.2, 0.25) is 10.0 Å². The van der Waals surface area contributed by atoms with Crippen molar-refractivity contribution >= 4 is 15.9 Å².